The Kier molecular flexibility index (Phi) is 4.69. The molecule has 1 amide bonds. The summed E-state index contributed by atoms with van der Waals surface area (Å²) >= 11 is 1.46. The fourth-order valence-electron chi connectivity index (χ4n) is 1.84. The fraction of sp³-hybridized carbons (Fsp3) is 0.267. The zero-order chi connectivity index (χ0) is 15.5. The molecule has 0 radical (unpaired) electrons. The highest BCUT2D eigenvalue weighted by Gasteiger charge is 2.24. The molecule has 2 aromatic rings. The third-order valence-electron chi connectivity index (χ3n) is 3.12. The molecule has 0 saturated carbocycles. The lowest BCUT2D eigenvalue weighted by atomic mass is 9.99. The number of hydrogen-bond donors (Lipinski definition) is 2. The predicted octanol–water partition coefficient (Wildman–Crippen LogP) is 2.59. The van der Waals surface area contributed by atoms with Crippen LogP contribution >= 0.6 is 11.3 Å². The van der Waals surface area contributed by atoms with Gasteiger partial charge in [0.1, 0.15) is 5.60 Å². The van der Waals surface area contributed by atoms with Crippen LogP contribution in [0.3, 0.4) is 0 Å². The zero-order valence-electron chi connectivity index (χ0n) is 11.4. The Morgan fingerprint density at radius 1 is 1.33 bits per heavy atom. The van der Waals surface area contributed by atoms with Gasteiger partial charge in [-0.05, 0) is 47.0 Å². The second kappa shape index (κ2) is 6.32. The van der Waals surface area contributed by atoms with E-state index in [1.807, 2.05) is 10.8 Å². The minimum Gasteiger partial charge on any atom is -0.384 e. The molecular weight excluding hydrogens is 296 g/mol. The van der Waals surface area contributed by atoms with Gasteiger partial charge in [0.2, 0.25) is 5.91 Å². The summed E-state index contributed by atoms with van der Waals surface area (Å²) in [5.41, 5.74) is -0.0637. The van der Waals surface area contributed by atoms with Crippen LogP contribution in [-0.2, 0) is 16.8 Å². The minimum absolute atomic E-state index is 0.0479. The lowest BCUT2D eigenvalue weighted by molar-refractivity contribution is -0.121. The molecule has 0 aliphatic rings. The van der Waals surface area contributed by atoms with Gasteiger partial charge in [-0.3, -0.25) is 4.79 Å². The molecule has 3 nitrogen and oxygen atoms in total. The van der Waals surface area contributed by atoms with Gasteiger partial charge in [-0.1, -0.05) is 6.07 Å². The van der Waals surface area contributed by atoms with E-state index in [0.29, 0.717) is 5.56 Å². The van der Waals surface area contributed by atoms with Crippen LogP contribution in [0.5, 0.6) is 0 Å². The normalized spacial score (nSPS) is 13.7. The summed E-state index contributed by atoms with van der Waals surface area (Å²) < 4.78 is 25.8. The van der Waals surface area contributed by atoms with Crippen molar-refractivity contribution in [2.75, 3.05) is 6.54 Å². The average Bonchev–Trinajstić information content (AvgIpc) is 2.96. The van der Waals surface area contributed by atoms with E-state index in [1.165, 1.54) is 17.4 Å². The Bertz CT molecular complexity index is 627. The molecule has 0 fully saturated rings. The van der Waals surface area contributed by atoms with E-state index in [2.05, 4.69) is 5.32 Å². The second-order valence-corrected chi connectivity index (χ2v) is 5.77. The summed E-state index contributed by atoms with van der Waals surface area (Å²) in [6.07, 6.45) is -0.0725. The van der Waals surface area contributed by atoms with Crippen molar-refractivity contribution in [3.63, 3.8) is 0 Å². The maximum Gasteiger partial charge on any atom is 0.224 e. The summed E-state index contributed by atoms with van der Waals surface area (Å²) in [7, 11) is 0. The van der Waals surface area contributed by atoms with Crippen LogP contribution in [0.15, 0.2) is 35.0 Å². The number of carbonyl (C=O) groups excluding carboxylic acids is 1. The minimum atomic E-state index is -1.16. The maximum absolute atomic E-state index is 13.0. The smallest absolute Gasteiger partial charge is 0.224 e. The summed E-state index contributed by atoms with van der Waals surface area (Å²) in [4.78, 5) is 11.8. The SMILES string of the molecule is CC(O)(CNC(=O)Cc1ccc(F)c(F)c1)c1ccsc1. The monoisotopic (exact) mass is 311 g/mol. The van der Waals surface area contributed by atoms with Crippen molar-refractivity contribution in [3.05, 3.63) is 57.8 Å². The van der Waals surface area contributed by atoms with Crippen molar-refractivity contribution in [1.29, 1.82) is 0 Å². The molecule has 1 atom stereocenters. The van der Waals surface area contributed by atoms with E-state index in [-0.39, 0.29) is 18.9 Å². The Morgan fingerprint density at radius 2 is 2.10 bits per heavy atom. The number of amides is 1. The Balaban J connectivity index is 1.91. The van der Waals surface area contributed by atoms with Gasteiger partial charge in [-0.15, -0.1) is 0 Å². The Labute approximate surface area is 125 Å². The molecule has 2 N–H and O–H groups in total. The number of benzene rings is 1. The van der Waals surface area contributed by atoms with Gasteiger partial charge in [0.15, 0.2) is 11.6 Å². The number of halogens is 2. The Morgan fingerprint density at radius 3 is 2.71 bits per heavy atom. The maximum atomic E-state index is 13.0. The third kappa shape index (κ3) is 4.09. The molecule has 1 heterocycles. The topological polar surface area (TPSA) is 49.3 Å². The number of carbonyl (C=O) groups is 1. The van der Waals surface area contributed by atoms with Gasteiger partial charge >= 0.3 is 0 Å². The van der Waals surface area contributed by atoms with Crippen LogP contribution in [0.2, 0.25) is 0 Å². The lowest BCUT2D eigenvalue weighted by Crippen LogP contribution is -2.39. The van der Waals surface area contributed by atoms with Gasteiger partial charge in [-0.2, -0.15) is 11.3 Å². The van der Waals surface area contributed by atoms with Crippen LogP contribution in [-0.4, -0.2) is 17.6 Å². The molecule has 2 rings (SSSR count). The van der Waals surface area contributed by atoms with E-state index >= 15 is 0 Å². The summed E-state index contributed by atoms with van der Waals surface area (Å²) in [6.45, 7) is 1.65. The number of nitrogens with one attached hydrogen (secondary N) is 1. The highest BCUT2D eigenvalue weighted by molar-refractivity contribution is 7.08. The summed E-state index contributed by atoms with van der Waals surface area (Å²) in [5.74, 6) is -2.29. The highest BCUT2D eigenvalue weighted by Crippen LogP contribution is 2.22. The van der Waals surface area contributed by atoms with E-state index in [0.717, 1.165) is 17.7 Å². The van der Waals surface area contributed by atoms with Crippen molar-refractivity contribution in [2.45, 2.75) is 18.9 Å². The molecule has 112 valence electrons. The molecule has 1 aromatic carbocycles. The van der Waals surface area contributed by atoms with Crippen molar-refractivity contribution in [1.82, 2.24) is 5.32 Å². The first-order valence-electron chi connectivity index (χ1n) is 6.34. The molecule has 0 aliphatic carbocycles. The first-order valence-corrected chi connectivity index (χ1v) is 7.28. The molecule has 21 heavy (non-hydrogen) atoms. The fourth-order valence-corrected chi connectivity index (χ4v) is 2.62. The van der Waals surface area contributed by atoms with Crippen molar-refractivity contribution in [2.24, 2.45) is 0 Å². The molecule has 1 aromatic heterocycles. The predicted molar refractivity (Wildman–Crippen MR) is 77.0 cm³/mol. The van der Waals surface area contributed by atoms with Crippen molar-refractivity contribution < 1.29 is 18.7 Å². The number of rotatable bonds is 5. The van der Waals surface area contributed by atoms with Crippen LogP contribution < -0.4 is 5.32 Å². The van der Waals surface area contributed by atoms with Gasteiger partial charge < -0.3 is 10.4 Å². The number of thiophene rings is 1. The molecular formula is C15H15F2NO2S. The quantitative estimate of drug-likeness (QED) is 0.892. The average molecular weight is 311 g/mol. The highest BCUT2D eigenvalue weighted by atomic mass is 32.1. The van der Waals surface area contributed by atoms with Crippen LogP contribution in [0, 0.1) is 11.6 Å². The van der Waals surface area contributed by atoms with Crippen LogP contribution in [0.25, 0.3) is 0 Å². The second-order valence-electron chi connectivity index (χ2n) is 4.99. The molecule has 0 bridgehead atoms. The first kappa shape index (κ1) is 15.6. The van der Waals surface area contributed by atoms with Gasteiger partial charge in [-0.25, -0.2) is 8.78 Å². The van der Waals surface area contributed by atoms with E-state index in [9.17, 15) is 18.7 Å². The molecule has 1 unspecified atom stereocenters. The third-order valence-corrected chi connectivity index (χ3v) is 3.80. The molecule has 6 heteroatoms. The largest absolute Gasteiger partial charge is 0.384 e. The van der Waals surface area contributed by atoms with Crippen LogP contribution in [0.4, 0.5) is 8.78 Å². The molecule has 0 saturated heterocycles. The van der Waals surface area contributed by atoms with Gasteiger partial charge in [0, 0.05) is 0 Å². The number of hydrogen-bond acceptors (Lipinski definition) is 3. The first-order chi connectivity index (χ1) is 9.88. The standard InChI is InChI=1S/C15H15F2NO2S/c1-15(20,11-4-5-21-8-11)9-18-14(19)7-10-2-3-12(16)13(17)6-10/h2-6,8,20H,7,9H2,1H3,(H,18,19). The van der Waals surface area contributed by atoms with Gasteiger partial charge in [0.05, 0.1) is 13.0 Å². The van der Waals surface area contributed by atoms with Crippen molar-refractivity contribution >= 4 is 17.2 Å². The van der Waals surface area contributed by atoms with E-state index in [4.69, 9.17) is 0 Å². The summed E-state index contributed by atoms with van der Waals surface area (Å²) in [6, 6.07) is 5.12. The molecule has 0 spiro atoms. The Hall–Kier alpha value is -1.79. The number of aliphatic hydroxyl groups is 1. The lowest BCUT2D eigenvalue weighted by Gasteiger charge is -2.22. The molecule has 0 aliphatic heterocycles. The van der Waals surface area contributed by atoms with E-state index < -0.39 is 17.2 Å². The summed E-state index contributed by atoms with van der Waals surface area (Å²) in [5, 5.41) is 16.5. The van der Waals surface area contributed by atoms with Crippen LogP contribution in [0.1, 0.15) is 18.1 Å². The zero-order valence-corrected chi connectivity index (χ0v) is 12.2. The van der Waals surface area contributed by atoms with E-state index in [1.54, 1.807) is 13.0 Å². The van der Waals surface area contributed by atoms with Crippen molar-refractivity contribution in [3.8, 4) is 0 Å². The van der Waals surface area contributed by atoms with Gasteiger partial charge in [0.25, 0.3) is 0 Å².